The summed E-state index contributed by atoms with van der Waals surface area (Å²) in [7, 11) is 0. The van der Waals surface area contributed by atoms with Crippen LogP contribution in [0.3, 0.4) is 0 Å². The molecule has 1 aromatic heterocycles. The number of ether oxygens (including phenoxy) is 1. The van der Waals surface area contributed by atoms with Gasteiger partial charge in [-0.3, -0.25) is 4.98 Å². The third kappa shape index (κ3) is 1.89. The molecule has 1 saturated heterocycles. The first-order valence-corrected chi connectivity index (χ1v) is 4.86. The van der Waals surface area contributed by atoms with E-state index in [4.69, 9.17) is 4.74 Å². The van der Waals surface area contributed by atoms with Crippen molar-refractivity contribution in [2.75, 3.05) is 13.2 Å². The second-order valence-electron chi connectivity index (χ2n) is 3.62. The molecular formula is C11H15NO. The number of rotatable bonds is 1. The number of nitrogens with zero attached hydrogens (tertiary/aromatic N) is 1. The molecule has 0 unspecified atom stereocenters. The fraction of sp³-hybridized carbons (Fsp3) is 0.545. The van der Waals surface area contributed by atoms with Crippen molar-refractivity contribution in [2.24, 2.45) is 0 Å². The van der Waals surface area contributed by atoms with Gasteiger partial charge in [-0.25, -0.2) is 0 Å². The minimum Gasteiger partial charge on any atom is -0.381 e. The van der Waals surface area contributed by atoms with E-state index in [0.717, 1.165) is 26.1 Å². The standard InChI is InChI=1S/C11H15NO/c1-9-2-5-12-8-11(9)10-3-6-13-7-4-10/h2,5,8,10H,3-4,6-7H2,1H3. The zero-order valence-corrected chi connectivity index (χ0v) is 7.99. The molecule has 0 radical (unpaired) electrons. The SMILES string of the molecule is Cc1ccncc1C1CCOCC1. The van der Waals surface area contributed by atoms with Gasteiger partial charge in [0.2, 0.25) is 0 Å². The molecular weight excluding hydrogens is 162 g/mol. The predicted molar refractivity (Wildman–Crippen MR) is 51.8 cm³/mol. The van der Waals surface area contributed by atoms with E-state index in [1.165, 1.54) is 11.1 Å². The van der Waals surface area contributed by atoms with E-state index < -0.39 is 0 Å². The van der Waals surface area contributed by atoms with E-state index in [2.05, 4.69) is 18.0 Å². The molecule has 70 valence electrons. The Balaban J connectivity index is 2.18. The Labute approximate surface area is 78.9 Å². The minimum atomic E-state index is 0.669. The Hall–Kier alpha value is -0.890. The van der Waals surface area contributed by atoms with Crippen LogP contribution in [0.2, 0.25) is 0 Å². The van der Waals surface area contributed by atoms with Crippen molar-refractivity contribution in [2.45, 2.75) is 25.7 Å². The van der Waals surface area contributed by atoms with Crippen molar-refractivity contribution in [1.82, 2.24) is 4.98 Å². The minimum absolute atomic E-state index is 0.669. The van der Waals surface area contributed by atoms with Gasteiger partial charge in [-0.2, -0.15) is 0 Å². The second kappa shape index (κ2) is 3.88. The van der Waals surface area contributed by atoms with Crippen molar-refractivity contribution < 1.29 is 4.74 Å². The third-order valence-electron chi connectivity index (χ3n) is 2.74. The summed E-state index contributed by atoms with van der Waals surface area (Å²) < 4.78 is 5.34. The molecule has 0 spiro atoms. The molecule has 2 heterocycles. The van der Waals surface area contributed by atoms with Gasteiger partial charge in [0.25, 0.3) is 0 Å². The molecule has 0 aliphatic carbocycles. The lowest BCUT2D eigenvalue weighted by atomic mass is 9.90. The van der Waals surface area contributed by atoms with Crippen molar-refractivity contribution in [3.8, 4) is 0 Å². The lowest BCUT2D eigenvalue weighted by Crippen LogP contribution is -2.15. The van der Waals surface area contributed by atoms with Crippen molar-refractivity contribution in [3.05, 3.63) is 29.6 Å². The molecule has 2 heteroatoms. The van der Waals surface area contributed by atoms with Gasteiger partial charge >= 0.3 is 0 Å². The fourth-order valence-corrected chi connectivity index (χ4v) is 1.91. The molecule has 1 aromatic rings. The fourth-order valence-electron chi connectivity index (χ4n) is 1.91. The molecule has 2 nitrogen and oxygen atoms in total. The summed E-state index contributed by atoms with van der Waals surface area (Å²) in [6.07, 6.45) is 6.16. The normalized spacial score (nSPS) is 18.8. The zero-order chi connectivity index (χ0) is 9.10. The summed E-state index contributed by atoms with van der Waals surface area (Å²) in [5.41, 5.74) is 2.77. The molecule has 0 aromatic carbocycles. The molecule has 1 aliphatic rings. The summed E-state index contributed by atoms with van der Waals surface area (Å²) in [6.45, 7) is 3.96. The van der Waals surface area contributed by atoms with E-state index in [9.17, 15) is 0 Å². The average molecular weight is 177 g/mol. The van der Waals surface area contributed by atoms with E-state index in [0.29, 0.717) is 5.92 Å². The molecule has 0 atom stereocenters. The van der Waals surface area contributed by atoms with Gasteiger partial charge in [0, 0.05) is 25.6 Å². The van der Waals surface area contributed by atoms with Crippen LogP contribution < -0.4 is 0 Å². The topological polar surface area (TPSA) is 22.1 Å². The highest BCUT2D eigenvalue weighted by atomic mass is 16.5. The Bertz CT molecular complexity index is 279. The maximum absolute atomic E-state index is 5.34. The van der Waals surface area contributed by atoms with Crippen molar-refractivity contribution in [1.29, 1.82) is 0 Å². The lowest BCUT2D eigenvalue weighted by molar-refractivity contribution is 0.0851. The van der Waals surface area contributed by atoms with E-state index >= 15 is 0 Å². The first-order valence-electron chi connectivity index (χ1n) is 4.86. The van der Waals surface area contributed by atoms with Crippen LogP contribution in [0.5, 0.6) is 0 Å². The first-order chi connectivity index (χ1) is 6.38. The van der Waals surface area contributed by atoms with Crippen LogP contribution in [0.4, 0.5) is 0 Å². The van der Waals surface area contributed by atoms with Crippen molar-refractivity contribution in [3.63, 3.8) is 0 Å². The summed E-state index contributed by atoms with van der Waals surface area (Å²) in [4.78, 5) is 4.18. The molecule has 0 saturated carbocycles. The monoisotopic (exact) mass is 177 g/mol. The quantitative estimate of drug-likeness (QED) is 0.656. The Kier molecular flexibility index (Phi) is 2.60. The van der Waals surface area contributed by atoms with E-state index in [1.807, 2.05) is 12.4 Å². The lowest BCUT2D eigenvalue weighted by Gasteiger charge is -2.23. The van der Waals surface area contributed by atoms with Crippen LogP contribution in [0.1, 0.15) is 29.9 Å². The highest BCUT2D eigenvalue weighted by molar-refractivity contribution is 5.25. The summed E-state index contributed by atoms with van der Waals surface area (Å²) in [5, 5.41) is 0. The second-order valence-corrected chi connectivity index (χ2v) is 3.62. The van der Waals surface area contributed by atoms with E-state index in [1.54, 1.807) is 0 Å². The van der Waals surface area contributed by atoms with E-state index in [-0.39, 0.29) is 0 Å². The number of hydrogen-bond donors (Lipinski definition) is 0. The molecule has 0 N–H and O–H groups in total. The highest BCUT2D eigenvalue weighted by Crippen LogP contribution is 2.28. The third-order valence-corrected chi connectivity index (χ3v) is 2.74. The van der Waals surface area contributed by atoms with Gasteiger partial charge in [0.05, 0.1) is 0 Å². The Morgan fingerprint density at radius 1 is 1.38 bits per heavy atom. The number of hydrogen-bond acceptors (Lipinski definition) is 2. The largest absolute Gasteiger partial charge is 0.381 e. The van der Waals surface area contributed by atoms with Gasteiger partial charge in [0.15, 0.2) is 0 Å². The Morgan fingerprint density at radius 2 is 2.15 bits per heavy atom. The number of aryl methyl sites for hydroxylation is 1. The van der Waals surface area contributed by atoms with Gasteiger partial charge in [-0.05, 0) is 42.9 Å². The number of aromatic nitrogens is 1. The maximum Gasteiger partial charge on any atom is 0.0471 e. The zero-order valence-electron chi connectivity index (χ0n) is 7.99. The van der Waals surface area contributed by atoms with Crippen LogP contribution >= 0.6 is 0 Å². The molecule has 1 fully saturated rings. The van der Waals surface area contributed by atoms with Crippen molar-refractivity contribution >= 4 is 0 Å². The molecule has 0 amide bonds. The summed E-state index contributed by atoms with van der Waals surface area (Å²) >= 11 is 0. The van der Waals surface area contributed by atoms with Crippen LogP contribution in [0.15, 0.2) is 18.5 Å². The molecule has 13 heavy (non-hydrogen) atoms. The molecule has 2 rings (SSSR count). The van der Waals surface area contributed by atoms with Gasteiger partial charge < -0.3 is 4.74 Å². The summed E-state index contributed by atoms with van der Waals surface area (Å²) in [5.74, 6) is 0.669. The van der Waals surface area contributed by atoms with Gasteiger partial charge in [-0.1, -0.05) is 0 Å². The molecule has 0 bridgehead atoms. The van der Waals surface area contributed by atoms with Crippen LogP contribution in [0, 0.1) is 6.92 Å². The van der Waals surface area contributed by atoms with Gasteiger partial charge in [0.1, 0.15) is 0 Å². The van der Waals surface area contributed by atoms with Crippen LogP contribution in [-0.2, 0) is 4.74 Å². The predicted octanol–water partition coefficient (Wildman–Crippen LogP) is 2.28. The Morgan fingerprint density at radius 3 is 2.85 bits per heavy atom. The average Bonchev–Trinajstić information content (AvgIpc) is 2.20. The number of pyridine rings is 1. The highest BCUT2D eigenvalue weighted by Gasteiger charge is 2.17. The van der Waals surface area contributed by atoms with Crippen LogP contribution in [0.25, 0.3) is 0 Å². The summed E-state index contributed by atoms with van der Waals surface area (Å²) in [6, 6.07) is 2.09. The first kappa shape index (κ1) is 8.70. The smallest absolute Gasteiger partial charge is 0.0471 e. The van der Waals surface area contributed by atoms with Crippen LogP contribution in [-0.4, -0.2) is 18.2 Å². The maximum atomic E-state index is 5.34. The molecule has 1 aliphatic heterocycles. The van der Waals surface area contributed by atoms with Gasteiger partial charge in [-0.15, -0.1) is 0 Å².